The summed E-state index contributed by atoms with van der Waals surface area (Å²) in [5.41, 5.74) is 1.85. The monoisotopic (exact) mass is 307 g/mol. The van der Waals surface area contributed by atoms with Gasteiger partial charge in [0.25, 0.3) is 0 Å². The standard InChI is InChI=1S/C18H17N3O2/c1-2-23-16-8-5-14(6-9-16)3-4-15-7-10-17(20-13-15)21-12-11-19-18(21)22/h3-13H,2H2,1H3,(H,19,22)/b4-3+. The Bertz CT molecular complexity index is 843. The van der Waals surface area contributed by atoms with Crippen LogP contribution in [-0.2, 0) is 0 Å². The smallest absolute Gasteiger partial charge is 0.331 e. The minimum atomic E-state index is -0.199. The van der Waals surface area contributed by atoms with Crippen molar-refractivity contribution < 1.29 is 4.74 Å². The fourth-order valence-electron chi connectivity index (χ4n) is 2.17. The van der Waals surface area contributed by atoms with E-state index < -0.39 is 0 Å². The summed E-state index contributed by atoms with van der Waals surface area (Å²) >= 11 is 0. The summed E-state index contributed by atoms with van der Waals surface area (Å²) < 4.78 is 6.88. The maximum atomic E-state index is 11.5. The average Bonchev–Trinajstić information content (AvgIpc) is 3.01. The number of aromatic amines is 1. The molecular formula is C18H17N3O2. The highest BCUT2D eigenvalue weighted by Gasteiger charge is 2.00. The third-order valence-electron chi connectivity index (χ3n) is 3.33. The SMILES string of the molecule is CCOc1ccc(/C=C/c2ccc(-n3cc[nH]c3=O)nc2)cc1. The number of rotatable bonds is 5. The highest BCUT2D eigenvalue weighted by Crippen LogP contribution is 2.14. The van der Waals surface area contributed by atoms with E-state index in [1.165, 1.54) is 4.57 Å². The van der Waals surface area contributed by atoms with Crippen LogP contribution >= 0.6 is 0 Å². The second kappa shape index (κ2) is 6.79. The highest BCUT2D eigenvalue weighted by atomic mass is 16.5. The maximum Gasteiger partial charge on any atom is 0.331 e. The van der Waals surface area contributed by atoms with Crippen LogP contribution in [0, 0.1) is 0 Å². The van der Waals surface area contributed by atoms with Gasteiger partial charge in [-0.05, 0) is 42.3 Å². The van der Waals surface area contributed by atoms with Crippen molar-refractivity contribution in [3.8, 4) is 11.6 Å². The highest BCUT2D eigenvalue weighted by molar-refractivity contribution is 5.69. The molecule has 0 aliphatic carbocycles. The van der Waals surface area contributed by atoms with Crippen LogP contribution in [0.4, 0.5) is 0 Å². The van der Waals surface area contributed by atoms with Crippen LogP contribution in [0.25, 0.3) is 18.0 Å². The lowest BCUT2D eigenvalue weighted by Crippen LogP contribution is -2.14. The molecule has 0 bridgehead atoms. The van der Waals surface area contributed by atoms with Crippen molar-refractivity contribution in [1.82, 2.24) is 14.5 Å². The molecule has 5 heteroatoms. The van der Waals surface area contributed by atoms with Gasteiger partial charge in [0, 0.05) is 18.6 Å². The predicted octanol–water partition coefficient (Wildman–Crippen LogP) is 3.13. The van der Waals surface area contributed by atoms with E-state index in [9.17, 15) is 4.79 Å². The van der Waals surface area contributed by atoms with Crippen molar-refractivity contribution in [2.24, 2.45) is 0 Å². The molecule has 0 aliphatic rings. The van der Waals surface area contributed by atoms with Crippen molar-refractivity contribution in [2.75, 3.05) is 6.61 Å². The largest absolute Gasteiger partial charge is 0.494 e. The first-order chi connectivity index (χ1) is 11.3. The Morgan fingerprint density at radius 3 is 2.48 bits per heavy atom. The Morgan fingerprint density at radius 1 is 1.13 bits per heavy atom. The van der Waals surface area contributed by atoms with Crippen LogP contribution < -0.4 is 10.4 Å². The third-order valence-corrected chi connectivity index (χ3v) is 3.33. The number of aromatic nitrogens is 3. The van der Waals surface area contributed by atoms with Gasteiger partial charge in [-0.2, -0.15) is 0 Å². The Kier molecular flexibility index (Phi) is 4.38. The Hall–Kier alpha value is -3.08. The molecule has 23 heavy (non-hydrogen) atoms. The number of nitrogens with one attached hydrogen (secondary N) is 1. The van der Waals surface area contributed by atoms with Gasteiger partial charge in [0.15, 0.2) is 0 Å². The summed E-state index contributed by atoms with van der Waals surface area (Å²) in [6.07, 6.45) is 8.96. The molecule has 3 aromatic rings. The van der Waals surface area contributed by atoms with Gasteiger partial charge in [-0.15, -0.1) is 0 Å². The van der Waals surface area contributed by atoms with Crippen LogP contribution in [0.5, 0.6) is 5.75 Å². The molecule has 1 aromatic carbocycles. The van der Waals surface area contributed by atoms with E-state index in [-0.39, 0.29) is 5.69 Å². The zero-order valence-electron chi connectivity index (χ0n) is 12.8. The van der Waals surface area contributed by atoms with Gasteiger partial charge in [0.1, 0.15) is 11.6 Å². The summed E-state index contributed by atoms with van der Waals surface area (Å²) in [4.78, 5) is 18.4. The van der Waals surface area contributed by atoms with Gasteiger partial charge in [-0.25, -0.2) is 9.78 Å². The molecule has 3 rings (SSSR count). The minimum absolute atomic E-state index is 0.199. The summed E-state index contributed by atoms with van der Waals surface area (Å²) in [5, 5.41) is 0. The predicted molar refractivity (Wildman–Crippen MR) is 90.7 cm³/mol. The topological polar surface area (TPSA) is 59.9 Å². The Morgan fingerprint density at radius 2 is 1.87 bits per heavy atom. The first-order valence-corrected chi connectivity index (χ1v) is 7.39. The second-order valence-corrected chi connectivity index (χ2v) is 4.92. The van der Waals surface area contributed by atoms with Crippen LogP contribution in [0.15, 0.2) is 59.8 Å². The van der Waals surface area contributed by atoms with Gasteiger partial charge in [-0.3, -0.25) is 4.57 Å². The van der Waals surface area contributed by atoms with E-state index in [0.29, 0.717) is 12.4 Å². The zero-order valence-corrected chi connectivity index (χ0v) is 12.8. The number of hydrogen-bond donors (Lipinski definition) is 1. The molecule has 0 saturated carbocycles. The number of hydrogen-bond acceptors (Lipinski definition) is 3. The molecule has 5 nitrogen and oxygen atoms in total. The minimum Gasteiger partial charge on any atom is -0.494 e. The summed E-state index contributed by atoms with van der Waals surface area (Å²) in [6.45, 7) is 2.63. The summed E-state index contributed by atoms with van der Waals surface area (Å²) in [5.74, 6) is 1.46. The number of benzene rings is 1. The van der Waals surface area contributed by atoms with Gasteiger partial charge >= 0.3 is 5.69 Å². The average molecular weight is 307 g/mol. The van der Waals surface area contributed by atoms with E-state index >= 15 is 0 Å². The molecule has 1 N–H and O–H groups in total. The number of H-pyrrole nitrogens is 1. The van der Waals surface area contributed by atoms with E-state index in [4.69, 9.17) is 4.74 Å². The van der Waals surface area contributed by atoms with Crippen LogP contribution in [-0.4, -0.2) is 21.1 Å². The van der Waals surface area contributed by atoms with Crippen molar-refractivity contribution in [2.45, 2.75) is 6.92 Å². The molecule has 0 amide bonds. The molecule has 2 heterocycles. The molecule has 0 radical (unpaired) electrons. The quantitative estimate of drug-likeness (QED) is 0.788. The molecular weight excluding hydrogens is 290 g/mol. The second-order valence-electron chi connectivity index (χ2n) is 4.92. The van der Waals surface area contributed by atoms with E-state index in [2.05, 4.69) is 9.97 Å². The molecule has 2 aromatic heterocycles. The lowest BCUT2D eigenvalue weighted by atomic mass is 10.1. The van der Waals surface area contributed by atoms with Crippen LogP contribution in [0.3, 0.4) is 0 Å². The Labute approximate surface area is 133 Å². The van der Waals surface area contributed by atoms with Gasteiger partial charge in [-0.1, -0.05) is 24.3 Å². The van der Waals surface area contributed by atoms with Gasteiger partial charge in [0.05, 0.1) is 6.61 Å². The number of imidazole rings is 1. The molecule has 0 saturated heterocycles. The third kappa shape index (κ3) is 3.58. The van der Waals surface area contributed by atoms with E-state index in [1.54, 1.807) is 18.6 Å². The van der Waals surface area contributed by atoms with Gasteiger partial charge < -0.3 is 9.72 Å². The van der Waals surface area contributed by atoms with E-state index in [1.807, 2.05) is 55.5 Å². The number of ether oxygens (including phenoxy) is 1. The summed E-state index contributed by atoms with van der Waals surface area (Å²) in [6, 6.07) is 11.6. The first-order valence-electron chi connectivity index (χ1n) is 7.39. The van der Waals surface area contributed by atoms with Crippen molar-refractivity contribution in [3.05, 3.63) is 76.6 Å². The van der Waals surface area contributed by atoms with Crippen molar-refractivity contribution >= 4 is 12.2 Å². The fourth-order valence-corrected chi connectivity index (χ4v) is 2.17. The van der Waals surface area contributed by atoms with Crippen LogP contribution in [0.1, 0.15) is 18.1 Å². The molecule has 0 atom stereocenters. The lowest BCUT2D eigenvalue weighted by Gasteiger charge is -2.02. The van der Waals surface area contributed by atoms with Crippen molar-refractivity contribution in [1.29, 1.82) is 0 Å². The molecule has 0 spiro atoms. The summed E-state index contributed by atoms with van der Waals surface area (Å²) in [7, 11) is 0. The normalized spacial score (nSPS) is 11.0. The molecule has 0 aliphatic heterocycles. The van der Waals surface area contributed by atoms with Gasteiger partial charge in [0.2, 0.25) is 0 Å². The van der Waals surface area contributed by atoms with Crippen LogP contribution in [0.2, 0.25) is 0 Å². The Balaban J connectivity index is 1.72. The maximum absolute atomic E-state index is 11.5. The lowest BCUT2D eigenvalue weighted by molar-refractivity contribution is 0.340. The number of nitrogens with zero attached hydrogens (tertiary/aromatic N) is 2. The van der Waals surface area contributed by atoms with Crippen molar-refractivity contribution in [3.63, 3.8) is 0 Å². The molecule has 0 unspecified atom stereocenters. The molecule has 0 fully saturated rings. The fraction of sp³-hybridized carbons (Fsp3) is 0.111. The number of pyridine rings is 1. The zero-order chi connectivity index (χ0) is 16.1. The molecule has 116 valence electrons. The van der Waals surface area contributed by atoms with E-state index in [0.717, 1.165) is 16.9 Å². The first kappa shape index (κ1) is 14.8.